The van der Waals surface area contributed by atoms with Crippen molar-refractivity contribution in [1.29, 1.82) is 0 Å². The lowest BCUT2D eigenvalue weighted by Crippen LogP contribution is -2.75. The number of nitrogens with one attached hydrogen (secondary N) is 1. The first kappa shape index (κ1) is 17.9. The van der Waals surface area contributed by atoms with E-state index < -0.39 is 11.5 Å². The van der Waals surface area contributed by atoms with Gasteiger partial charge in [-0.2, -0.15) is 0 Å². The van der Waals surface area contributed by atoms with Crippen molar-refractivity contribution in [2.24, 2.45) is 11.1 Å². The van der Waals surface area contributed by atoms with Crippen LogP contribution in [-0.4, -0.2) is 41.8 Å². The van der Waals surface area contributed by atoms with Crippen molar-refractivity contribution in [3.05, 3.63) is 0 Å². The number of amides is 1. The monoisotopic (exact) mass is 300 g/mol. The van der Waals surface area contributed by atoms with Crippen molar-refractivity contribution >= 4 is 11.9 Å². The van der Waals surface area contributed by atoms with E-state index in [1.165, 1.54) is 0 Å². The number of carboxylic acids is 1. The van der Waals surface area contributed by atoms with Gasteiger partial charge in [-0.05, 0) is 19.8 Å². The molecule has 2 atom stereocenters. The molecule has 0 bridgehead atoms. The molecular weight excluding hydrogens is 272 g/mol. The summed E-state index contributed by atoms with van der Waals surface area (Å²) in [7, 11) is 0. The fourth-order valence-corrected chi connectivity index (χ4v) is 2.76. The zero-order chi connectivity index (χ0) is 16.1. The maximum atomic E-state index is 12.3. The summed E-state index contributed by atoms with van der Waals surface area (Å²) in [5.74, 6) is -0.917. The summed E-state index contributed by atoms with van der Waals surface area (Å²) < 4.78 is 5.60. The van der Waals surface area contributed by atoms with Crippen LogP contribution in [0.5, 0.6) is 0 Å². The van der Waals surface area contributed by atoms with Crippen LogP contribution in [0.3, 0.4) is 0 Å². The van der Waals surface area contributed by atoms with Gasteiger partial charge in [0.25, 0.3) is 0 Å². The second-order valence-corrected chi connectivity index (χ2v) is 6.30. The van der Waals surface area contributed by atoms with E-state index in [1.54, 1.807) is 0 Å². The minimum absolute atomic E-state index is 0.0221. The van der Waals surface area contributed by atoms with E-state index in [0.717, 1.165) is 12.8 Å². The summed E-state index contributed by atoms with van der Waals surface area (Å²) in [6.07, 6.45) is 2.93. The molecule has 0 saturated heterocycles. The van der Waals surface area contributed by atoms with Gasteiger partial charge in [0, 0.05) is 31.4 Å². The van der Waals surface area contributed by atoms with Crippen LogP contribution in [0.25, 0.3) is 0 Å². The van der Waals surface area contributed by atoms with Crippen LogP contribution in [0.4, 0.5) is 0 Å². The van der Waals surface area contributed by atoms with Crippen molar-refractivity contribution in [3.63, 3.8) is 0 Å². The number of aliphatic carboxylic acids is 1. The van der Waals surface area contributed by atoms with Crippen LogP contribution in [-0.2, 0) is 14.3 Å². The molecule has 0 aliphatic heterocycles. The van der Waals surface area contributed by atoms with E-state index in [1.807, 2.05) is 20.8 Å². The maximum absolute atomic E-state index is 12.3. The zero-order valence-corrected chi connectivity index (χ0v) is 13.3. The Morgan fingerprint density at radius 2 is 2.00 bits per heavy atom. The molecule has 1 saturated carbocycles. The van der Waals surface area contributed by atoms with Gasteiger partial charge in [-0.1, -0.05) is 20.3 Å². The Morgan fingerprint density at radius 1 is 1.33 bits per heavy atom. The molecule has 6 nitrogen and oxygen atoms in total. The third-order valence-electron chi connectivity index (χ3n) is 4.59. The van der Waals surface area contributed by atoms with Gasteiger partial charge in [0.15, 0.2) is 0 Å². The van der Waals surface area contributed by atoms with Crippen molar-refractivity contribution in [1.82, 2.24) is 5.32 Å². The average Bonchev–Trinajstić information content (AvgIpc) is 2.41. The second kappa shape index (κ2) is 7.22. The SMILES string of the molecule is CCOC1CC(N)(C(=O)NCCCCCC(=O)O)C1(C)C. The lowest BCUT2D eigenvalue weighted by molar-refractivity contribution is -0.170. The van der Waals surface area contributed by atoms with Crippen molar-refractivity contribution in [2.75, 3.05) is 13.2 Å². The molecule has 1 amide bonds. The fourth-order valence-electron chi connectivity index (χ4n) is 2.76. The van der Waals surface area contributed by atoms with Crippen molar-refractivity contribution in [3.8, 4) is 0 Å². The highest BCUT2D eigenvalue weighted by atomic mass is 16.5. The Labute approximate surface area is 126 Å². The highest BCUT2D eigenvalue weighted by Gasteiger charge is 2.62. The number of carbonyl (C=O) groups is 2. The van der Waals surface area contributed by atoms with Crippen LogP contribution in [0.2, 0.25) is 0 Å². The van der Waals surface area contributed by atoms with E-state index in [0.29, 0.717) is 26.0 Å². The number of carbonyl (C=O) groups excluding carboxylic acids is 1. The average molecular weight is 300 g/mol. The van der Waals surface area contributed by atoms with E-state index in [4.69, 9.17) is 15.6 Å². The molecule has 4 N–H and O–H groups in total. The molecule has 21 heavy (non-hydrogen) atoms. The number of hydrogen-bond donors (Lipinski definition) is 3. The Bertz CT molecular complexity index is 384. The molecule has 0 aromatic carbocycles. The van der Waals surface area contributed by atoms with Crippen LogP contribution < -0.4 is 11.1 Å². The molecule has 1 aliphatic rings. The summed E-state index contributed by atoms with van der Waals surface area (Å²) >= 11 is 0. The molecular formula is C15H28N2O4. The third kappa shape index (κ3) is 3.95. The van der Waals surface area contributed by atoms with Gasteiger partial charge in [-0.3, -0.25) is 9.59 Å². The molecule has 1 rings (SSSR count). The van der Waals surface area contributed by atoms with Gasteiger partial charge < -0.3 is 20.9 Å². The summed E-state index contributed by atoms with van der Waals surface area (Å²) in [4.78, 5) is 22.6. The normalized spacial score (nSPS) is 27.0. The maximum Gasteiger partial charge on any atom is 0.303 e. The van der Waals surface area contributed by atoms with Gasteiger partial charge in [0.2, 0.25) is 5.91 Å². The zero-order valence-electron chi connectivity index (χ0n) is 13.3. The van der Waals surface area contributed by atoms with E-state index in [9.17, 15) is 9.59 Å². The van der Waals surface area contributed by atoms with Crippen LogP contribution in [0.15, 0.2) is 0 Å². The Kier molecular flexibility index (Phi) is 6.16. The molecule has 0 heterocycles. The molecule has 6 heteroatoms. The molecule has 0 aromatic rings. The van der Waals surface area contributed by atoms with Gasteiger partial charge in [0.1, 0.15) is 5.54 Å². The number of nitrogens with two attached hydrogens (primary N) is 1. The second-order valence-electron chi connectivity index (χ2n) is 6.30. The van der Waals surface area contributed by atoms with E-state index in [2.05, 4.69) is 5.32 Å². The number of unbranched alkanes of at least 4 members (excludes halogenated alkanes) is 2. The molecule has 122 valence electrons. The first-order valence-electron chi connectivity index (χ1n) is 7.66. The standard InChI is InChI=1S/C15H28N2O4/c1-4-21-11-10-15(16,14(11,2)3)13(20)17-9-7-5-6-8-12(18)19/h11H,4-10,16H2,1-3H3,(H,17,20)(H,18,19). The highest BCUT2D eigenvalue weighted by Crippen LogP contribution is 2.49. The van der Waals surface area contributed by atoms with Gasteiger partial charge in [-0.15, -0.1) is 0 Å². The quantitative estimate of drug-likeness (QED) is 0.557. The highest BCUT2D eigenvalue weighted by molar-refractivity contribution is 5.88. The first-order chi connectivity index (χ1) is 9.75. The van der Waals surface area contributed by atoms with Crippen LogP contribution in [0, 0.1) is 5.41 Å². The Morgan fingerprint density at radius 3 is 2.52 bits per heavy atom. The molecule has 1 aliphatic carbocycles. The van der Waals surface area contributed by atoms with Gasteiger partial charge >= 0.3 is 5.97 Å². The Hall–Kier alpha value is -1.14. The Balaban J connectivity index is 2.31. The van der Waals surface area contributed by atoms with Gasteiger partial charge in [0.05, 0.1) is 6.10 Å². The topological polar surface area (TPSA) is 102 Å². The molecule has 2 unspecified atom stereocenters. The summed E-state index contributed by atoms with van der Waals surface area (Å²) in [6, 6.07) is 0. The smallest absolute Gasteiger partial charge is 0.303 e. The molecule has 0 radical (unpaired) electrons. The number of rotatable bonds is 9. The minimum atomic E-state index is -0.881. The van der Waals surface area contributed by atoms with Crippen LogP contribution in [0.1, 0.15) is 52.9 Å². The third-order valence-corrected chi connectivity index (χ3v) is 4.59. The first-order valence-corrected chi connectivity index (χ1v) is 7.66. The lowest BCUT2D eigenvalue weighted by Gasteiger charge is -2.57. The predicted molar refractivity (Wildman–Crippen MR) is 79.8 cm³/mol. The van der Waals surface area contributed by atoms with Gasteiger partial charge in [-0.25, -0.2) is 0 Å². The molecule has 0 spiro atoms. The summed E-state index contributed by atoms with van der Waals surface area (Å²) in [6.45, 7) is 7.01. The van der Waals surface area contributed by atoms with E-state index >= 15 is 0 Å². The molecule has 1 fully saturated rings. The number of hydrogen-bond acceptors (Lipinski definition) is 4. The lowest BCUT2D eigenvalue weighted by atomic mass is 9.54. The number of ether oxygens (including phenoxy) is 1. The molecule has 0 aromatic heterocycles. The van der Waals surface area contributed by atoms with E-state index in [-0.39, 0.29) is 23.8 Å². The van der Waals surface area contributed by atoms with Crippen molar-refractivity contribution in [2.45, 2.75) is 64.5 Å². The summed E-state index contributed by atoms with van der Waals surface area (Å²) in [5.41, 5.74) is 5.00. The minimum Gasteiger partial charge on any atom is -0.481 e. The largest absolute Gasteiger partial charge is 0.481 e. The van der Waals surface area contributed by atoms with Crippen LogP contribution >= 0.6 is 0 Å². The number of carboxylic acid groups (broad SMARTS) is 1. The summed E-state index contributed by atoms with van der Waals surface area (Å²) in [5, 5.41) is 11.4. The predicted octanol–water partition coefficient (Wildman–Crippen LogP) is 1.28. The van der Waals surface area contributed by atoms with Crippen molar-refractivity contribution < 1.29 is 19.4 Å². The fraction of sp³-hybridized carbons (Fsp3) is 0.867.